The Balaban J connectivity index is 3.10. The summed E-state index contributed by atoms with van der Waals surface area (Å²) in [6, 6.07) is 0. The Morgan fingerprint density at radius 2 is 2.16 bits per heavy atom. The molecule has 1 heterocycles. The molecule has 0 bridgehead atoms. The number of aromatic amines is 1. The van der Waals surface area contributed by atoms with E-state index < -0.39 is 16.9 Å². The lowest BCUT2D eigenvalue weighted by molar-refractivity contribution is -0.120. The monoisotopic (exact) mass is 285 g/mol. The number of carboxylic acids is 1. The minimum atomic E-state index is -1.19. The van der Waals surface area contributed by atoms with Crippen LogP contribution < -0.4 is 11.0 Å². The van der Waals surface area contributed by atoms with E-state index in [-0.39, 0.29) is 22.2 Å². The molecule has 19 heavy (non-hydrogen) atoms. The van der Waals surface area contributed by atoms with Crippen LogP contribution >= 0.6 is 11.8 Å². The van der Waals surface area contributed by atoms with Gasteiger partial charge in [0, 0.05) is 12.2 Å². The van der Waals surface area contributed by atoms with Crippen molar-refractivity contribution in [2.75, 3.05) is 6.54 Å². The lowest BCUT2D eigenvalue weighted by Gasteiger charge is -2.12. The molecule has 3 N–H and O–H groups in total. The maximum atomic E-state index is 11.6. The zero-order valence-electron chi connectivity index (χ0n) is 10.8. The van der Waals surface area contributed by atoms with Crippen LogP contribution in [0.1, 0.15) is 29.9 Å². The minimum Gasteiger partial charge on any atom is -0.478 e. The van der Waals surface area contributed by atoms with E-state index in [2.05, 4.69) is 15.3 Å². The molecule has 8 heteroatoms. The second kappa shape index (κ2) is 6.37. The number of aryl methyl sites for hydroxylation is 1. The van der Waals surface area contributed by atoms with Gasteiger partial charge in [-0.25, -0.2) is 9.59 Å². The average Bonchev–Trinajstić information content (AvgIpc) is 2.27. The first-order valence-corrected chi connectivity index (χ1v) is 6.53. The Kier molecular flexibility index (Phi) is 5.11. The predicted molar refractivity (Wildman–Crippen MR) is 70.6 cm³/mol. The van der Waals surface area contributed by atoms with Crippen LogP contribution in [0.3, 0.4) is 0 Å². The summed E-state index contributed by atoms with van der Waals surface area (Å²) in [5, 5.41) is 11.3. The number of carboxylic acid groups (broad SMARTS) is 1. The van der Waals surface area contributed by atoms with Gasteiger partial charge < -0.3 is 15.4 Å². The Morgan fingerprint density at radius 1 is 1.53 bits per heavy atom. The fourth-order valence-electron chi connectivity index (χ4n) is 1.44. The molecule has 1 unspecified atom stereocenters. The van der Waals surface area contributed by atoms with Crippen LogP contribution in [0.5, 0.6) is 0 Å². The van der Waals surface area contributed by atoms with Crippen LogP contribution in [0.25, 0.3) is 0 Å². The third kappa shape index (κ3) is 3.82. The number of amides is 1. The van der Waals surface area contributed by atoms with Crippen molar-refractivity contribution in [3.8, 4) is 0 Å². The highest BCUT2D eigenvalue weighted by atomic mass is 32.2. The average molecular weight is 285 g/mol. The molecule has 104 valence electrons. The molecule has 1 rings (SSSR count). The Bertz CT molecular complexity index is 555. The molecule has 1 aromatic rings. The van der Waals surface area contributed by atoms with E-state index in [0.717, 1.165) is 11.8 Å². The van der Waals surface area contributed by atoms with Gasteiger partial charge in [-0.15, -0.1) is 0 Å². The quantitative estimate of drug-likeness (QED) is 0.533. The standard InChI is InChI=1S/C11H15N3O4S/c1-4-12-8(15)6(3)19-9-7(10(16)17)5(2)13-11(18)14-9/h6H,4H2,1-3H3,(H,12,15)(H,16,17)(H,13,14,18). The van der Waals surface area contributed by atoms with Crippen LogP contribution in [-0.2, 0) is 4.79 Å². The number of nitrogens with one attached hydrogen (secondary N) is 2. The highest BCUT2D eigenvalue weighted by Gasteiger charge is 2.21. The van der Waals surface area contributed by atoms with Crippen LogP contribution in [0.4, 0.5) is 0 Å². The molecule has 0 aliphatic heterocycles. The number of aromatic carboxylic acids is 1. The van der Waals surface area contributed by atoms with Crippen molar-refractivity contribution in [3.63, 3.8) is 0 Å². The first kappa shape index (κ1) is 15.2. The molecule has 0 spiro atoms. The topological polar surface area (TPSA) is 112 Å². The molecule has 7 nitrogen and oxygen atoms in total. The van der Waals surface area contributed by atoms with Crippen LogP contribution in [0.15, 0.2) is 9.82 Å². The lowest BCUT2D eigenvalue weighted by Crippen LogP contribution is -2.31. The number of aromatic nitrogens is 2. The van der Waals surface area contributed by atoms with Crippen LogP contribution in [-0.4, -0.2) is 38.7 Å². The molecule has 1 aromatic heterocycles. The van der Waals surface area contributed by atoms with Gasteiger partial charge in [-0.3, -0.25) is 4.79 Å². The minimum absolute atomic E-state index is 0.0486. The van der Waals surface area contributed by atoms with Gasteiger partial charge in [-0.05, 0) is 20.8 Å². The smallest absolute Gasteiger partial charge is 0.346 e. The van der Waals surface area contributed by atoms with E-state index in [1.54, 1.807) is 13.8 Å². The zero-order valence-corrected chi connectivity index (χ0v) is 11.6. The number of H-pyrrole nitrogens is 1. The molecule has 0 aromatic carbocycles. The third-order valence-corrected chi connectivity index (χ3v) is 3.40. The molecule has 0 saturated heterocycles. The Morgan fingerprint density at radius 3 is 2.68 bits per heavy atom. The molecular weight excluding hydrogens is 270 g/mol. The van der Waals surface area contributed by atoms with Gasteiger partial charge in [0.15, 0.2) is 0 Å². The summed E-state index contributed by atoms with van der Waals surface area (Å²) in [7, 11) is 0. The second-order valence-electron chi connectivity index (χ2n) is 3.81. The van der Waals surface area contributed by atoms with Gasteiger partial charge in [0.2, 0.25) is 5.91 Å². The summed E-state index contributed by atoms with van der Waals surface area (Å²) in [6.07, 6.45) is 0. The SMILES string of the molecule is CCNC(=O)C(C)Sc1nc(=O)[nH]c(C)c1C(=O)O. The molecule has 1 amide bonds. The summed E-state index contributed by atoms with van der Waals surface area (Å²) in [5.41, 5.74) is -0.494. The molecule has 0 aliphatic carbocycles. The van der Waals surface area contributed by atoms with Crippen molar-refractivity contribution in [2.45, 2.75) is 31.0 Å². The van der Waals surface area contributed by atoms with Gasteiger partial charge in [-0.1, -0.05) is 11.8 Å². The normalized spacial score (nSPS) is 11.9. The van der Waals surface area contributed by atoms with E-state index in [1.165, 1.54) is 6.92 Å². The number of carbonyl (C=O) groups is 2. The van der Waals surface area contributed by atoms with Crippen molar-refractivity contribution in [1.29, 1.82) is 0 Å². The molecule has 0 saturated carbocycles. The number of hydrogen-bond donors (Lipinski definition) is 3. The highest BCUT2D eigenvalue weighted by molar-refractivity contribution is 8.00. The summed E-state index contributed by atoms with van der Waals surface area (Å²) >= 11 is 0.951. The molecule has 0 aliphatic rings. The van der Waals surface area contributed by atoms with Crippen molar-refractivity contribution in [3.05, 3.63) is 21.7 Å². The van der Waals surface area contributed by atoms with E-state index in [4.69, 9.17) is 5.11 Å². The predicted octanol–water partition coefficient (Wildman–Crippen LogP) is 0.393. The molecule has 1 atom stereocenters. The second-order valence-corrected chi connectivity index (χ2v) is 5.14. The maximum Gasteiger partial charge on any atom is 0.346 e. The largest absolute Gasteiger partial charge is 0.478 e. The van der Waals surface area contributed by atoms with Gasteiger partial charge >= 0.3 is 11.7 Å². The van der Waals surface area contributed by atoms with E-state index in [1.807, 2.05) is 0 Å². The summed E-state index contributed by atoms with van der Waals surface area (Å²) in [4.78, 5) is 40.0. The lowest BCUT2D eigenvalue weighted by atomic mass is 10.2. The number of hydrogen-bond acceptors (Lipinski definition) is 5. The highest BCUT2D eigenvalue weighted by Crippen LogP contribution is 2.25. The molecular formula is C11H15N3O4S. The first-order valence-electron chi connectivity index (χ1n) is 5.65. The number of rotatable bonds is 5. The zero-order chi connectivity index (χ0) is 14.6. The van der Waals surface area contributed by atoms with E-state index in [9.17, 15) is 14.4 Å². The van der Waals surface area contributed by atoms with Crippen molar-refractivity contribution >= 4 is 23.6 Å². The van der Waals surface area contributed by atoms with Gasteiger partial charge in [-0.2, -0.15) is 4.98 Å². The van der Waals surface area contributed by atoms with Gasteiger partial charge in [0.25, 0.3) is 0 Å². The Hall–Kier alpha value is -1.83. The van der Waals surface area contributed by atoms with Gasteiger partial charge in [0.1, 0.15) is 10.6 Å². The fourth-order valence-corrected chi connectivity index (χ4v) is 2.45. The summed E-state index contributed by atoms with van der Waals surface area (Å²) in [6.45, 7) is 5.37. The molecule has 0 fully saturated rings. The number of carbonyl (C=O) groups excluding carboxylic acids is 1. The fraction of sp³-hybridized carbons (Fsp3) is 0.455. The van der Waals surface area contributed by atoms with Crippen LogP contribution in [0.2, 0.25) is 0 Å². The van der Waals surface area contributed by atoms with E-state index in [0.29, 0.717) is 6.54 Å². The maximum absolute atomic E-state index is 11.6. The van der Waals surface area contributed by atoms with Crippen molar-refractivity contribution < 1.29 is 14.7 Å². The summed E-state index contributed by atoms with van der Waals surface area (Å²) < 4.78 is 0. The number of nitrogens with zero attached hydrogens (tertiary/aromatic N) is 1. The number of thioether (sulfide) groups is 1. The van der Waals surface area contributed by atoms with Crippen molar-refractivity contribution in [2.24, 2.45) is 0 Å². The van der Waals surface area contributed by atoms with Crippen molar-refractivity contribution in [1.82, 2.24) is 15.3 Å². The van der Waals surface area contributed by atoms with Gasteiger partial charge in [0.05, 0.1) is 5.25 Å². The Labute approximate surface area is 113 Å². The van der Waals surface area contributed by atoms with Crippen LogP contribution in [0, 0.1) is 6.92 Å². The first-order chi connectivity index (χ1) is 8.86. The molecule has 0 radical (unpaired) electrons. The third-order valence-electron chi connectivity index (χ3n) is 2.31. The summed E-state index contributed by atoms with van der Waals surface area (Å²) in [5.74, 6) is -1.42. The van der Waals surface area contributed by atoms with E-state index >= 15 is 0 Å².